The predicted octanol–water partition coefficient (Wildman–Crippen LogP) is 1.69. The SMILES string of the molecule is CCc1ncc(C(=O)N[C@H]2CC[C@@H](C(=O)O)C2)s1. The number of aromatic nitrogens is 1. The first-order valence-corrected chi connectivity index (χ1v) is 6.90. The summed E-state index contributed by atoms with van der Waals surface area (Å²) in [5.41, 5.74) is 0. The molecule has 0 aromatic carbocycles. The third-order valence-electron chi connectivity index (χ3n) is 3.20. The Bertz CT molecular complexity index is 458. The van der Waals surface area contributed by atoms with Crippen molar-refractivity contribution in [3.05, 3.63) is 16.1 Å². The molecule has 1 aliphatic carbocycles. The van der Waals surface area contributed by atoms with E-state index >= 15 is 0 Å². The Labute approximate surface area is 109 Å². The van der Waals surface area contributed by atoms with Crippen LogP contribution in [0.4, 0.5) is 0 Å². The number of carboxylic acid groups (broad SMARTS) is 1. The van der Waals surface area contributed by atoms with Gasteiger partial charge in [-0.25, -0.2) is 4.98 Å². The third-order valence-corrected chi connectivity index (χ3v) is 4.34. The summed E-state index contributed by atoms with van der Waals surface area (Å²) in [6.45, 7) is 1.99. The summed E-state index contributed by atoms with van der Waals surface area (Å²) in [5.74, 6) is -1.22. The van der Waals surface area contributed by atoms with Gasteiger partial charge in [0.2, 0.25) is 0 Å². The highest BCUT2D eigenvalue weighted by Gasteiger charge is 2.30. The first-order chi connectivity index (χ1) is 8.60. The summed E-state index contributed by atoms with van der Waals surface area (Å²) < 4.78 is 0. The molecule has 1 aromatic rings. The Balaban J connectivity index is 1.90. The second-order valence-corrected chi connectivity index (χ2v) is 5.61. The van der Waals surface area contributed by atoms with Crippen molar-refractivity contribution in [2.75, 3.05) is 0 Å². The monoisotopic (exact) mass is 268 g/mol. The standard InChI is InChI=1S/C12H16N2O3S/c1-2-10-13-6-9(18-10)11(15)14-8-4-3-7(5-8)12(16)17/h6-8H,2-5H2,1H3,(H,14,15)(H,16,17)/t7-,8+/m1/s1. The lowest BCUT2D eigenvalue weighted by atomic mass is 10.1. The lowest BCUT2D eigenvalue weighted by Gasteiger charge is -2.10. The Hall–Kier alpha value is -1.43. The number of amides is 1. The fourth-order valence-electron chi connectivity index (χ4n) is 2.17. The van der Waals surface area contributed by atoms with E-state index in [1.807, 2.05) is 6.92 Å². The van der Waals surface area contributed by atoms with Crippen LogP contribution >= 0.6 is 11.3 Å². The zero-order chi connectivity index (χ0) is 13.1. The lowest BCUT2D eigenvalue weighted by molar-refractivity contribution is -0.141. The molecule has 0 bridgehead atoms. The van der Waals surface area contributed by atoms with Crippen LogP contribution in [0.1, 0.15) is 40.9 Å². The molecular formula is C12H16N2O3S. The number of hydrogen-bond acceptors (Lipinski definition) is 4. The van der Waals surface area contributed by atoms with Gasteiger partial charge in [0.05, 0.1) is 17.1 Å². The summed E-state index contributed by atoms with van der Waals surface area (Å²) in [5, 5.41) is 12.7. The van der Waals surface area contributed by atoms with Crippen molar-refractivity contribution in [2.45, 2.75) is 38.6 Å². The van der Waals surface area contributed by atoms with E-state index in [0.29, 0.717) is 17.7 Å². The first-order valence-electron chi connectivity index (χ1n) is 6.08. The summed E-state index contributed by atoms with van der Waals surface area (Å²) in [6.07, 6.45) is 4.32. The number of nitrogens with zero attached hydrogens (tertiary/aromatic N) is 1. The van der Waals surface area contributed by atoms with Gasteiger partial charge in [-0.3, -0.25) is 9.59 Å². The maximum absolute atomic E-state index is 11.9. The van der Waals surface area contributed by atoms with E-state index < -0.39 is 5.97 Å². The van der Waals surface area contributed by atoms with Crippen LogP contribution in [-0.2, 0) is 11.2 Å². The number of thiazole rings is 1. The molecule has 2 N–H and O–H groups in total. The predicted molar refractivity (Wildman–Crippen MR) is 67.7 cm³/mol. The number of aliphatic carboxylic acids is 1. The molecule has 2 rings (SSSR count). The zero-order valence-corrected chi connectivity index (χ0v) is 11.0. The number of carboxylic acids is 1. The highest BCUT2D eigenvalue weighted by atomic mass is 32.1. The largest absolute Gasteiger partial charge is 0.481 e. The van der Waals surface area contributed by atoms with Gasteiger partial charge in [-0.2, -0.15) is 0 Å². The van der Waals surface area contributed by atoms with Crippen molar-refractivity contribution in [1.29, 1.82) is 0 Å². The minimum absolute atomic E-state index is 0.0224. The molecule has 0 spiro atoms. The van der Waals surface area contributed by atoms with Crippen LogP contribution < -0.4 is 5.32 Å². The van der Waals surface area contributed by atoms with Gasteiger partial charge in [-0.05, 0) is 25.7 Å². The van der Waals surface area contributed by atoms with Gasteiger partial charge in [0, 0.05) is 6.04 Å². The Morgan fingerprint density at radius 1 is 1.56 bits per heavy atom. The number of carbonyl (C=O) groups excluding carboxylic acids is 1. The van der Waals surface area contributed by atoms with Crippen molar-refractivity contribution < 1.29 is 14.7 Å². The van der Waals surface area contributed by atoms with Gasteiger partial charge in [0.15, 0.2) is 0 Å². The van der Waals surface area contributed by atoms with Crippen molar-refractivity contribution in [3.8, 4) is 0 Å². The van der Waals surface area contributed by atoms with Crippen LogP contribution in [0.3, 0.4) is 0 Å². The minimum atomic E-state index is -0.766. The van der Waals surface area contributed by atoms with Crippen LogP contribution in [-0.4, -0.2) is 28.0 Å². The molecule has 1 aliphatic rings. The van der Waals surface area contributed by atoms with E-state index in [1.165, 1.54) is 11.3 Å². The fourth-order valence-corrected chi connectivity index (χ4v) is 2.93. The zero-order valence-electron chi connectivity index (χ0n) is 10.2. The molecule has 6 heteroatoms. The van der Waals surface area contributed by atoms with E-state index in [4.69, 9.17) is 5.11 Å². The van der Waals surface area contributed by atoms with Crippen molar-refractivity contribution in [3.63, 3.8) is 0 Å². The second kappa shape index (κ2) is 5.48. The van der Waals surface area contributed by atoms with Gasteiger partial charge in [0.25, 0.3) is 5.91 Å². The van der Waals surface area contributed by atoms with Crippen molar-refractivity contribution in [2.24, 2.45) is 5.92 Å². The summed E-state index contributed by atoms with van der Waals surface area (Å²) in [6, 6.07) is -0.0224. The number of hydrogen-bond donors (Lipinski definition) is 2. The van der Waals surface area contributed by atoms with Gasteiger partial charge in [-0.1, -0.05) is 6.92 Å². The molecule has 0 aliphatic heterocycles. The summed E-state index contributed by atoms with van der Waals surface area (Å²) in [4.78, 5) is 27.5. The number of nitrogens with one attached hydrogen (secondary N) is 1. The molecule has 1 heterocycles. The van der Waals surface area contributed by atoms with Gasteiger partial charge >= 0.3 is 5.97 Å². The van der Waals surface area contributed by atoms with Crippen LogP contribution in [0.15, 0.2) is 6.20 Å². The van der Waals surface area contributed by atoms with E-state index in [0.717, 1.165) is 17.8 Å². The van der Waals surface area contributed by atoms with E-state index in [2.05, 4.69) is 10.3 Å². The van der Waals surface area contributed by atoms with Crippen LogP contribution in [0.2, 0.25) is 0 Å². The van der Waals surface area contributed by atoms with E-state index in [9.17, 15) is 9.59 Å². The average Bonchev–Trinajstić information content (AvgIpc) is 2.96. The number of aryl methyl sites for hydroxylation is 1. The van der Waals surface area contributed by atoms with Crippen molar-refractivity contribution in [1.82, 2.24) is 10.3 Å². The molecule has 1 fully saturated rings. The molecule has 0 unspecified atom stereocenters. The van der Waals surface area contributed by atoms with Gasteiger partial charge in [-0.15, -0.1) is 11.3 Å². The first kappa shape index (κ1) is 13.0. The minimum Gasteiger partial charge on any atom is -0.481 e. The van der Waals surface area contributed by atoms with E-state index in [-0.39, 0.29) is 17.9 Å². The third kappa shape index (κ3) is 2.87. The Morgan fingerprint density at radius 2 is 2.33 bits per heavy atom. The molecule has 2 atom stereocenters. The number of carbonyl (C=O) groups is 2. The quantitative estimate of drug-likeness (QED) is 0.871. The van der Waals surface area contributed by atoms with Crippen molar-refractivity contribution >= 4 is 23.2 Å². The molecular weight excluding hydrogens is 252 g/mol. The summed E-state index contributed by atoms with van der Waals surface area (Å²) in [7, 11) is 0. The smallest absolute Gasteiger partial charge is 0.306 e. The molecule has 1 aromatic heterocycles. The Kier molecular flexibility index (Phi) is 3.96. The van der Waals surface area contributed by atoms with Gasteiger partial charge in [0.1, 0.15) is 4.88 Å². The molecule has 0 radical (unpaired) electrons. The van der Waals surface area contributed by atoms with E-state index in [1.54, 1.807) is 6.20 Å². The summed E-state index contributed by atoms with van der Waals surface area (Å²) >= 11 is 1.39. The normalized spacial score (nSPS) is 22.9. The molecule has 1 saturated carbocycles. The lowest BCUT2D eigenvalue weighted by Crippen LogP contribution is -2.32. The Morgan fingerprint density at radius 3 is 2.89 bits per heavy atom. The van der Waals surface area contributed by atoms with Crippen LogP contribution in [0, 0.1) is 5.92 Å². The average molecular weight is 268 g/mol. The fraction of sp³-hybridized carbons (Fsp3) is 0.583. The molecule has 0 saturated heterocycles. The second-order valence-electron chi connectivity index (χ2n) is 4.49. The highest BCUT2D eigenvalue weighted by molar-refractivity contribution is 7.13. The highest BCUT2D eigenvalue weighted by Crippen LogP contribution is 2.26. The van der Waals surface area contributed by atoms with Crippen LogP contribution in [0.25, 0.3) is 0 Å². The topological polar surface area (TPSA) is 79.3 Å². The molecule has 98 valence electrons. The van der Waals surface area contributed by atoms with Gasteiger partial charge < -0.3 is 10.4 Å². The molecule has 18 heavy (non-hydrogen) atoms. The maximum Gasteiger partial charge on any atom is 0.306 e. The van der Waals surface area contributed by atoms with Crippen LogP contribution in [0.5, 0.6) is 0 Å². The maximum atomic E-state index is 11.9. The number of rotatable bonds is 4. The molecule has 5 nitrogen and oxygen atoms in total. The molecule has 1 amide bonds.